The van der Waals surface area contributed by atoms with Crippen LogP contribution in [0.25, 0.3) is 0 Å². The smallest absolute Gasteiger partial charge is 0.108 e. The van der Waals surface area contributed by atoms with Crippen LogP contribution in [-0.4, -0.2) is 47.8 Å². The molecule has 1 aliphatic heterocycles. The van der Waals surface area contributed by atoms with Gasteiger partial charge in [0.2, 0.25) is 0 Å². The lowest BCUT2D eigenvalue weighted by Gasteiger charge is -2.44. The first kappa shape index (κ1) is 15.8. The van der Waals surface area contributed by atoms with E-state index in [1.54, 1.807) is 0 Å². The lowest BCUT2D eigenvalue weighted by Crippen LogP contribution is -2.55. The minimum absolute atomic E-state index is 0.0770. The van der Waals surface area contributed by atoms with Crippen molar-refractivity contribution in [3.8, 4) is 6.07 Å². The molecule has 3 unspecified atom stereocenters. The Balaban J connectivity index is 1.99. The SMILES string of the molecule is CCCNC1(C#N)CCC(N2CC(C)OC(C)(C)C2)C1. The molecule has 0 amide bonds. The Kier molecular flexibility index (Phi) is 4.73. The van der Waals surface area contributed by atoms with Gasteiger partial charge < -0.3 is 4.74 Å². The molecule has 2 fully saturated rings. The van der Waals surface area contributed by atoms with Crippen LogP contribution in [-0.2, 0) is 4.74 Å². The van der Waals surface area contributed by atoms with Crippen LogP contribution in [0, 0.1) is 11.3 Å². The van der Waals surface area contributed by atoms with E-state index in [2.05, 4.69) is 44.0 Å². The third kappa shape index (κ3) is 3.52. The number of hydrogen-bond donors (Lipinski definition) is 1. The molecular weight excluding hydrogens is 250 g/mol. The number of nitriles is 1. The van der Waals surface area contributed by atoms with Crippen LogP contribution < -0.4 is 5.32 Å². The summed E-state index contributed by atoms with van der Waals surface area (Å²) in [6.07, 6.45) is 4.40. The molecule has 0 aromatic carbocycles. The monoisotopic (exact) mass is 279 g/mol. The normalized spacial score (nSPS) is 37.8. The van der Waals surface area contributed by atoms with Crippen LogP contribution in [0.4, 0.5) is 0 Å². The largest absolute Gasteiger partial charge is 0.370 e. The Morgan fingerprint density at radius 1 is 1.45 bits per heavy atom. The highest BCUT2D eigenvalue weighted by molar-refractivity contribution is 5.13. The van der Waals surface area contributed by atoms with Gasteiger partial charge >= 0.3 is 0 Å². The maximum atomic E-state index is 9.56. The quantitative estimate of drug-likeness (QED) is 0.858. The number of rotatable bonds is 4. The van der Waals surface area contributed by atoms with Crippen molar-refractivity contribution in [2.24, 2.45) is 0 Å². The first-order valence-corrected chi connectivity index (χ1v) is 7.98. The highest BCUT2D eigenvalue weighted by Crippen LogP contribution is 2.35. The van der Waals surface area contributed by atoms with E-state index in [1.165, 1.54) is 0 Å². The summed E-state index contributed by atoms with van der Waals surface area (Å²) in [5.74, 6) is 0. The minimum atomic E-state index is -0.299. The Morgan fingerprint density at radius 2 is 2.20 bits per heavy atom. The number of ether oxygens (including phenoxy) is 1. The molecule has 3 atom stereocenters. The van der Waals surface area contributed by atoms with E-state index in [0.29, 0.717) is 6.04 Å². The summed E-state index contributed by atoms with van der Waals surface area (Å²) in [6.45, 7) is 11.5. The van der Waals surface area contributed by atoms with Gasteiger partial charge in [-0.15, -0.1) is 0 Å². The van der Waals surface area contributed by atoms with Crippen LogP contribution in [0.1, 0.15) is 53.4 Å². The fourth-order valence-electron chi connectivity index (χ4n) is 3.78. The minimum Gasteiger partial charge on any atom is -0.370 e. The molecule has 1 saturated carbocycles. The molecule has 4 nitrogen and oxygen atoms in total. The summed E-state index contributed by atoms with van der Waals surface area (Å²) >= 11 is 0. The first-order valence-electron chi connectivity index (χ1n) is 7.98. The van der Waals surface area contributed by atoms with Crippen molar-refractivity contribution in [3.63, 3.8) is 0 Å². The van der Waals surface area contributed by atoms with Crippen molar-refractivity contribution < 1.29 is 4.74 Å². The zero-order chi connectivity index (χ0) is 14.8. The molecule has 4 heteroatoms. The molecule has 2 rings (SSSR count). The molecule has 1 aliphatic carbocycles. The third-order valence-corrected chi connectivity index (χ3v) is 4.53. The van der Waals surface area contributed by atoms with Gasteiger partial charge in [0.25, 0.3) is 0 Å². The average Bonchev–Trinajstić information content (AvgIpc) is 2.79. The van der Waals surface area contributed by atoms with E-state index in [4.69, 9.17) is 4.74 Å². The predicted molar refractivity (Wildman–Crippen MR) is 80.5 cm³/mol. The number of nitrogens with zero attached hydrogens (tertiary/aromatic N) is 2. The highest BCUT2D eigenvalue weighted by Gasteiger charge is 2.44. The zero-order valence-corrected chi connectivity index (χ0v) is 13.4. The lowest BCUT2D eigenvalue weighted by molar-refractivity contribution is -0.137. The number of hydrogen-bond acceptors (Lipinski definition) is 4. The van der Waals surface area contributed by atoms with Crippen molar-refractivity contribution in [3.05, 3.63) is 0 Å². The van der Waals surface area contributed by atoms with Crippen LogP contribution in [0.5, 0.6) is 0 Å². The number of morpholine rings is 1. The van der Waals surface area contributed by atoms with Gasteiger partial charge in [0.05, 0.1) is 17.8 Å². The first-order chi connectivity index (χ1) is 9.40. The van der Waals surface area contributed by atoms with Crippen LogP contribution >= 0.6 is 0 Å². The topological polar surface area (TPSA) is 48.3 Å². The van der Waals surface area contributed by atoms with Gasteiger partial charge in [0.1, 0.15) is 5.54 Å². The predicted octanol–water partition coefficient (Wildman–Crippen LogP) is 2.30. The third-order valence-electron chi connectivity index (χ3n) is 4.53. The van der Waals surface area contributed by atoms with Gasteiger partial charge in [-0.25, -0.2) is 0 Å². The average molecular weight is 279 g/mol. The molecule has 1 heterocycles. The van der Waals surface area contributed by atoms with Crippen molar-refractivity contribution in [2.75, 3.05) is 19.6 Å². The van der Waals surface area contributed by atoms with E-state index in [9.17, 15) is 5.26 Å². The summed E-state index contributed by atoms with van der Waals surface area (Å²) in [5, 5.41) is 13.0. The number of nitrogens with one attached hydrogen (secondary N) is 1. The summed E-state index contributed by atoms with van der Waals surface area (Å²) in [4.78, 5) is 2.54. The summed E-state index contributed by atoms with van der Waals surface area (Å²) in [5.41, 5.74) is -0.376. The van der Waals surface area contributed by atoms with Gasteiger partial charge in [0.15, 0.2) is 0 Å². The second-order valence-corrected chi connectivity index (χ2v) is 7.13. The second kappa shape index (κ2) is 6.01. The van der Waals surface area contributed by atoms with E-state index in [-0.39, 0.29) is 17.2 Å². The van der Waals surface area contributed by atoms with Gasteiger partial charge in [0, 0.05) is 19.1 Å². The van der Waals surface area contributed by atoms with E-state index >= 15 is 0 Å². The summed E-state index contributed by atoms with van der Waals surface area (Å²) in [6, 6.07) is 3.06. The fourth-order valence-corrected chi connectivity index (χ4v) is 3.78. The molecule has 0 spiro atoms. The Labute approximate surface area is 123 Å². The van der Waals surface area contributed by atoms with Crippen LogP contribution in [0.2, 0.25) is 0 Å². The van der Waals surface area contributed by atoms with Crippen molar-refractivity contribution in [1.82, 2.24) is 10.2 Å². The molecule has 1 N–H and O–H groups in total. The molecular formula is C16H29N3O. The van der Waals surface area contributed by atoms with Crippen LogP contribution in [0.15, 0.2) is 0 Å². The van der Waals surface area contributed by atoms with E-state index < -0.39 is 0 Å². The molecule has 1 saturated heterocycles. The highest BCUT2D eigenvalue weighted by atomic mass is 16.5. The summed E-state index contributed by atoms with van der Waals surface area (Å²) < 4.78 is 5.98. The van der Waals surface area contributed by atoms with E-state index in [1.807, 2.05) is 0 Å². The molecule has 0 bridgehead atoms. The van der Waals surface area contributed by atoms with Crippen molar-refractivity contribution in [2.45, 2.75) is 76.7 Å². The van der Waals surface area contributed by atoms with Crippen molar-refractivity contribution >= 4 is 0 Å². The maximum Gasteiger partial charge on any atom is 0.108 e. The fraction of sp³-hybridized carbons (Fsp3) is 0.938. The van der Waals surface area contributed by atoms with Gasteiger partial charge in [-0.2, -0.15) is 5.26 Å². The van der Waals surface area contributed by atoms with Gasteiger partial charge in [-0.05, 0) is 53.0 Å². The maximum absolute atomic E-state index is 9.56. The summed E-state index contributed by atoms with van der Waals surface area (Å²) in [7, 11) is 0. The van der Waals surface area contributed by atoms with Crippen LogP contribution in [0.3, 0.4) is 0 Å². The van der Waals surface area contributed by atoms with Gasteiger partial charge in [-0.3, -0.25) is 10.2 Å². The molecule has 0 aromatic rings. The Hall–Kier alpha value is -0.630. The molecule has 20 heavy (non-hydrogen) atoms. The molecule has 114 valence electrons. The van der Waals surface area contributed by atoms with E-state index in [0.717, 1.165) is 45.3 Å². The molecule has 0 aromatic heterocycles. The van der Waals surface area contributed by atoms with Gasteiger partial charge in [-0.1, -0.05) is 6.92 Å². The lowest BCUT2D eigenvalue weighted by atomic mass is 9.98. The zero-order valence-electron chi connectivity index (χ0n) is 13.4. The Morgan fingerprint density at radius 3 is 2.80 bits per heavy atom. The standard InChI is InChI=1S/C16H29N3O/c1-5-8-18-16(11-17)7-6-14(9-16)19-10-13(2)20-15(3,4)12-19/h13-14,18H,5-10,12H2,1-4H3. The van der Waals surface area contributed by atoms with Crippen molar-refractivity contribution in [1.29, 1.82) is 5.26 Å². The molecule has 0 radical (unpaired) electrons. The molecule has 2 aliphatic rings. The second-order valence-electron chi connectivity index (χ2n) is 7.13. The Bertz CT molecular complexity index is 376.